The Bertz CT molecular complexity index is 224. The van der Waals surface area contributed by atoms with Crippen LogP contribution in [-0.2, 0) is 14.2 Å². The molecule has 0 rings (SSSR count). The Morgan fingerprint density at radius 2 is 1.43 bits per heavy atom. The Hall–Kier alpha value is 0.230. The fourth-order valence-corrected chi connectivity index (χ4v) is 3.07. The number of rotatable bonds is 14. The minimum Gasteiger partial charge on any atom is -0.331 e. The van der Waals surface area contributed by atoms with Crippen LogP contribution in [0.2, 0.25) is 0 Å². The minimum atomic E-state index is -0.916. The summed E-state index contributed by atoms with van der Waals surface area (Å²) in [6.07, 6.45) is 9.86. The first-order valence-corrected chi connectivity index (χ1v) is 8.99. The van der Waals surface area contributed by atoms with Crippen molar-refractivity contribution in [2.45, 2.75) is 71.2 Å². The first-order valence-electron chi connectivity index (χ1n) is 8.36. The standard InChI is InChI=1S/C17H36O3S/c1-6-7-8-9-10-11-12-16(13-15(2)14-21)17(18-3,19-4)20-5/h15-16,21H,6-14H2,1-5H3. The number of ether oxygens (including phenoxy) is 3. The molecule has 2 atom stereocenters. The molecule has 2 unspecified atom stereocenters. The largest absolute Gasteiger partial charge is 0.331 e. The van der Waals surface area contributed by atoms with E-state index in [0.717, 1.165) is 18.6 Å². The molecule has 0 aliphatic rings. The van der Waals surface area contributed by atoms with Gasteiger partial charge in [0.15, 0.2) is 0 Å². The quantitative estimate of drug-likeness (QED) is 0.280. The van der Waals surface area contributed by atoms with Gasteiger partial charge in [0.05, 0.1) is 0 Å². The van der Waals surface area contributed by atoms with Crippen LogP contribution < -0.4 is 0 Å². The third-order valence-electron chi connectivity index (χ3n) is 4.26. The zero-order valence-corrected chi connectivity index (χ0v) is 15.6. The molecule has 0 heterocycles. The van der Waals surface area contributed by atoms with Crippen molar-refractivity contribution in [1.29, 1.82) is 0 Å². The molecule has 4 heteroatoms. The fourth-order valence-electron chi connectivity index (χ4n) is 2.92. The van der Waals surface area contributed by atoms with Gasteiger partial charge in [-0.1, -0.05) is 52.4 Å². The van der Waals surface area contributed by atoms with Gasteiger partial charge in [-0.3, -0.25) is 0 Å². The lowest BCUT2D eigenvalue weighted by atomic mass is 9.89. The minimum absolute atomic E-state index is 0.242. The van der Waals surface area contributed by atoms with Crippen LogP contribution in [0.1, 0.15) is 65.2 Å². The number of hydrogen-bond acceptors (Lipinski definition) is 4. The van der Waals surface area contributed by atoms with Crippen LogP contribution in [0.5, 0.6) is 0 Å². The third kappa shape index (κ3) is 7.87. The van der Waals surface area contributed by atoms with Gasteiger partial charge in [-0.15, -0.1) is 0 Å². The monoisotopic (exact) mass is 320 g/mol. The average Bonchev–Trinajstić information content (AvgIpc) is 2.52. The molecule has 21 heavy (non-hydrogen) atoms. The van der Waals surface area contributed by atoms with Crippen molar-refractivity contribution in [1.82, 2.24) is 0 Å². The van der Waals surface area contributed by atoms with Gasteiger partial charge in [0.25, 0.3) is 5.97 Å². The summed E-state index contributed by atoms with van der Waals surface area (Å²) in [5.41, 5.74) is 0. The Morgan fingerprint density at radius 3 is 1.90 bits per heavy atom. The van der Waals surface area contributed by atoms with E-state index in [9.17, 15) is 0 Å². The number of methoxy groups -OCH3 is 3. The number of thiol groups is 1. The molecule has 0 fully saturated rings. The summed E-state index contributed by atoms with van der Waals surface area (Å²) >= 11 is 4.40. The van der Waals surface area contributed by atoms with E-state index in [0.29, 0.717) is 5.92 Å². The second kappa shape index (κ2) is 12.7. The van der Waals surface area contributed by atoms with Crippen molar-refractivity contribution < 1.29 is 14.2 Å². The van der Waals surface area contributed by atoms with E-state index in [4.69, 9.17) is 14.2 Å². The van der Waals surface area contributed by atoms with E-state index in [1.807, 2.05) is 0 Å². The normalized spacial score (nSPS) is 15.1. The number of hydrogen-bond donors (Lipinski definition) is 1. The zero-order valence-electron chi connectivity index (χ0n) is 14.7. The summed E-state index contributed by atoms with van der Waals surface area (Å²) in [6.45, 7) is 4.46. The molecule has 0 aromatic heterocycles. The highest BCUT2D eigenvalue weighted by Crippen LogP contribution is 2.33. The van der Waals surface area contributed by atoms with Crippen LogP contribution in [0.4, 0.5) is 0 Å². The molecule has 0 aliphatic carbocycles. The molecule has 0 bridgehead atoms. The van der Waals surface area contributed by atoms with Crippen LogP contribution >= 0.6 is 12.6 Å². The van der Waals surface area contributed by atoms with Gasteiger partial charge in [0.2, 0.25) is 0 Å². The van der Waals surface area contributed by atoms with Crippen LogP contribution in [0.15, 0.2) is 0 Å². The van der Waals surface area contributed by atoms with Crippen LogP contribution in [0.3, 0.4) is 0 Å². The van der Waals surface area contributed by atoms with E-state index in [1.54, 1.807) is 21.3 Å². The molecule has 128 valence electrons. The molecule has 3 nitrogen and oxygen atoms in total. The number of unbranched alkanes of at least 4 members (excludes halogenated alkanes) is 5. The average molecular weight is 321 g/mol. The van der Waals surface area contributed by atoms with Crippen molar-refractivity contribution in [3.63, 3.8) is 0 Å². The van der Waals surface area contributed by atoms with Gasteiger partial charge in [-0.2, -0.15) is 12.6 Å². The zero-order chi connectivity index (χ0) is 16.1. The maximum absolute atomic E-state index is 5.57. The van der Waals surface area contributed by atoms with Crippen LogP contribution in [0.25, 0.3) is 0 Å². The Balaban J connectivity index is 4.45. The first kappa shape index (κ1) is 21.2. The van der Waals surface area contributed by atoms with E-state index < -0.39 is 5.97 Å². The second-order valence-corrected chi connectivity index (χ2v) is 6.36. The Labute approximate surface area is 137 Å². The molecule has 0 aromatic carbocycles. The predicted octanol–water partition coefficient (Wildman–Crippen LogP) is 4.90. The van der Waals surface area contributed by atoms with Gasteiger partial charge < -0.3 is 14.2 Å². The molecular formula is C17H36O3S. The fraction of sp³-hybridized carbons (Fsp3) is 1.00. The SMILES string of the molecule is CCCCCCCCC(CC(C)CS)C(OC)(OC)OC. The van der Waals surface area contributed by atoms with Crippen molar-refractivity contribution in [3.8, 4) is 0 Å². The lowest BCUT2D eigenvalue weighted by molar-refractivity contribution is -0.381. The topological polar surface area (TPSA) is 27.7 Å². The molecule has 0 aromatic rings. The maximum atomic E-state index is 5.57. The summed E-state index contributed by atoms with van der Waals surface area (Å²) < 4.78 is 16.7. The smallest absolute Gasteiger partial charge is 0.285 e. The first-order chi connectivity index (χ1) is 10.1. The lowest BCUT2D eigenvalue weighted by Crippen LogP contribution is -2.44. The molecule has 0 amide bonds. The van der Waals surface area contributed by atoms with Gasteiger partial charge in [-0.05, 0) is 24.5 Å². The van der Waals surface area contributed by atoms with Crippen molar-refractivity contribution in [3.05, 3.63) is 0 Å². The van der Waals surface area contributed by atoms with Crippen LogP contribution in [0, 0.1) is 11.8 Å². The van der Waals surface area contributed by atoms with E-state index >= 15 is 0 Å². The second-order valence-electron chi connectivity index (χ2n) is 5.99. The molecule has 0 saturated carbocycles. The van der Waals surface area contributed by atoms with Crippen molar-refractivity contribution >= 4 is 12.6 Å². The molecule has 0 spiro atoms. The Kier molecular flexibility index (Phi) is 12.9. The van der Waals surface area contributed by atoms with Gasteiger partial charge >= 0.3 is 0 Å². The molecule has 0 saturated heterocycles. The highest BCUT2D eigenvalue weighted by atomic mass is 32.1. The third-order valence-corrected chi connectivity index (χ3v) is 4.88. The molecule has 0 aliphatic heterocycles. The summed E-state index contributed by atoms with van der Waals surface area (Å²) in [6, 6.07) is 0. The van der Waals surface area contributed by atoms with E-state index in [1.165, 1.54) is 38.5 Å². The summed E-state index contributed by atoms with van der Waals surface area (Å²) in [4.78, 5) is 0. The summed E-state index contributed by atoms with van der Waals surface area (Å²) in [5, 5.41) is 0. The summed E-state index contributed by atoms with van der Waals surface area (Å²) in [5.74, 6) is 0.727. The van der Waals surface area contributed by atoms with Crippen molar-refractivity contribution in [2.75, 3.05) is 27.1 Å². The molecule has 0 radical (unpaired) electrons. The van der Waals surface area contributed by atoms with E-state index in [2.05, 4.69) is 26.5 Å². The highest BCUT2D eigenvalue weighted by Gasteiger charge is 2.40. The lowest BCUT2D eigenvalue weighted by Gasteiger charge is -2.37. The van der Waals surface area contributed by atoms with E-state index in [-0.39, 0.29) is 5.92 Å². The highest BCUT2D eigenvalue weighted by molar-refractivity contribution is 7.80. The van der Waals surface area contributed by atoms with Gasteiger partial charge in [0, 0.05) is 27.2 Å². The molecule has 0 N–H and O–H groups in total. The Morgan fingerprint density at radius 1 is 0.905 bits per heavy atom. The summed E-state index contributed by atoms with van der Waals surface area (Å²) in [7, 11) is 4.98. The van der Waals surface area contributed by atoms with Gasteiger partial charge in [-0.25, -0.2) is 0 Å². The predicted molar refractivity (Wildman–Crippen MR) is 92.9 cm³/mol. The van der Waals surface area contributed by atoms with Gasteiger partial charge in [0.1, 0.15) is 0 Å². The maximum Gasteiger partial charge on any atom is 0.285 e. The van der Waals surface area contributed by atoms with Crippen LogP contribution in [-0.4, -0.2) is 33.1 Å². The molecular weight excluding hydrogens is 284 g/mol. The van der Waals surface area contributed by atoms with Crippen molar-refractivity contribution in [2.24, 2.45) is 11.8 Å².